The molecule has 0 aliphatic carbocycles. The van der Waals surface area contributed by atoms with Crippen molar-refractivity contribution in [2.24, 2.45) is 0 Å². The molecule has 2 heterocycles. The van der Waals surface area contributed by atoms with E-state index >= 15 is 0 Å². The van der Waals surface area contributed by atoms with Crippen molar-refractivity contribution in [2.75, 3.05) is 13.1 Å². The fourth-order valence-corrected chi connectivity index (χ4v) is 4.03. The second kappa shape index (κ2) is 8.26. The van der Waals surface area contributed by atoms with Crippen molar-refractivity contribution >= 4 is 23.2 Å². The van der Waals surface area contributed by atoms with Crippen LogP contribution in [0.5, 0.6) is 0 Å². The van der Waals surface area contributed by atoms with E-state index in [9.17, 15) is 9.59 Å². The first kappa shape index (κ1) is 19.6. The predicted octanol–water partition coefficient (Wildman–Crippen LogP) is 4.01. The van der Waals surface area contributed by atoms with E-state index in [0.717, 1.165) is 17.7 Å². The second-order valence-corrected chi connectivity index (χ2v) is 9.24. The van der Waals surface area contributed by atoms with Crippen molar-refractivity contribution in [3.05, 3.63) is 57.8 Å². The number of hydrogen-bond donors (Lipinski definition) is 1. The van der Waals surface area contributed by atoms with Gasteiger partial charge >= 0.3 is 0 Å². The average Bonchev–Trinajstić information content (AvgIpc) is 3.14. The van der Waals surface area contributed by atoms with Gasteiger partial charge in [-0.3, -0.25) is 9.59 Å². The number of piperidine rings is 1. The van der Waals surface area contributed by atoms with E-state index in [1.165, 1.54) is 5.56 Å². The molecule has 2 amide bonds. The zero-order valence-electron chi connectivity index (χ0n) is 16.3. The molecule has 1 saturated heterocycles. The molecule has 0 bridgehead atoms. The summed E-state index contributed by atoms with van der Waals surface area (Å²) in [5.74, 6) is 0.152. The van der Waals surface area contributed by atoms with Gasteiger partial charge in [-0.25, -0.2) is 0 Å². The number of nitrogens with one attached hydrogen (secondary N) is 1. The first-order valence-corrected chi connectivity index (χ1v) is 10.4. The molecule has 1 N–H and O–H groups in total. The number of likely N-dealkylation sites (tertiary alicyclic amines) is 1. The molecule has 1 aliphatic heterocycles. The number of hydrogen-bond acceptors (Lipinski definition) is 3. The molecule has 144 valence electrons. The fourth-order valence-electron chi connectivity index (χ4n) is 3.34. The molecule has 1 aliphatic rings. The minimum atomic E-state index is -0.0289. The molecule has 0 spiro atoms. The van der Waals surface area contributed by atoms with Crippen LogP contribution in [0.1, 0.15) is 54.4 Å². The summed E-state index contributed by atoms with van der Waals surface area (Å²) in [7, 11) is 0. The second-order valence-electron chi connectivity index (χ2n) is 8.21. The van der Waals surface area contributed by atoms with Crippen LogP contribution in [0.25, 0.3) is 0 Å². The summed E-state index contributed by atoms with van der Waals surface area (Å²) in [6.45, 7) is 7.90. The maximum Gasteiger partial charge on any atom is 0.251 e. The molecule has 1 aromatic heterocycles. The zero-order valence-corrected chi connectivity index (χ0v) is 17.1. The first-order valence-electron chi connectivity index (χ1n) is 9.54. The van der Waals surface area contributed by atoms with E-state index in [1.54, 1.807) is 11.3 Å². The lowest BCUT2D eigenvalue weighted by Gasteiger charge is -2.32. The molecular formula is C22H28N2O2S. The van der Waals surface area contributed by atoms with Gasteiger partial charge in [0.15, 0.2) is 0 Å². The normalized spacial score (nSPS) is 15.6. The van der Waals surface area contributed by atoms with Crippen LogP contribution in [-0.4, -0.2) is 35.8 Å². The molecule has 5 heteroatoms. The third-order valence-corrected chi connectivity index (χ3v) is 5.98. The lowest BCUT2D eigenvalue weighted by atomic mass is 9.86. The van der Waals surface area contributed by atoms with Crippen LogP contribution in [0.15, 0.2) is 41.8 Å². The van der Waals surface area contributed by atoms with Crippen molar-refractivity contribution in [1.29, 1.82) is 0 Å². The van der Waals surface area contributed by atoms with Crippen LogP contribution in [0, 0.1) is 0 Å². The maximum absolute atomic E-state index is 12.5. The van der Waals surface area contributed by atoms with E-state index in [-0.39, 0.29) is 23.3 Å². The predicted molar refractivity (Wildman–Crippen MR) is 110 cm³/mol. The van der Waals surface area contributed by atoms with Gasteiger partial charge in [0.2, 0.25) is 5.91 Å². The summed E-state index contributed by atoms with van der Waals surface area (Å²) < 4.78 is 0. The van der Waals surface area contributed by atoms with Gasteiger partial charge in [-0.15, -0.1) is 11.3 Å². The molecule has 2 aromatic rings. The molecule has 0 atom stereocenters. The van der Waals surface area contributed by atoms with Gasteiger partial charge in [0.1, 0.15) is 0 Å². The Kier molecular flexibility index (Phi) is 6.00. The Morgan fingerprint density at radius 2 is 1.78 bits per heavy atom. The average molecular weight is 385 g/mol. The highest BCUT2D eigenvalue weighted by atomic mass is 32.1. The molecule has 0 unspecified atom stereocenters. The number of carbonyl (C=O) groups excluding carboxylic acids is 2. The number of thiophene rings is 1. The smallest absolute Gasteiger partial charge is 0.251 e. The SMILES string of the molecule is CC(C)(C)c1ccc(C(=O)NC2CCN(C(=O)Cc3cccs3)CC2)cc1. The Morgan fingerprint density at radius 1 is 1.11 bits per heavy atom. The number of benzene rings is 1. The van der Waals surface area contributed by atoms with Crippen molar-refractivity contribution in [1.82, 2.24) is 10.2 Å². The molecule has 27 heavy (non-hydrogen) atoms. The highest BCUT2D eigenvalue weighted by Crippen LogP contribution is 2.22. The minimum absolute atomic E-state index is 0.0289. The summed E-state index contributed by atoms with van der Waals surface area (Å²) in [5.41, 5.74) is 1.99. The largest absolute Gasteiger partial charge is 0.349 e. The summed E-state index contributed by atoms with van der Waals surface area (Å²) in [6, 6.07) is 12.0. The molecule has 0 radical (unpaired) electrons. The van der Waals surface area contributed by atoms with E-state index in [1.807, 2.05) is 46.7 Å². The maximum atomic E-state index is 12.5. The molecule has 4 nitrogen and oxygen atoms in total. The third-order valence-electron chi connectivity index (χ3n) is 5.10. The highest BCUT2D eigenvalue weighted by Gasteiger charge is 2.24. The number of amides is 2. The van der Waals surface area contributed by atoms with E-state index in [0.29, 0.717) is 25.1 Å². The summed E-state index contributed by atoms with van der Waals surface area (Å²) >= 11 is 1.62. The fraction of sp³-hybridized carbons (Fsp3) is 0.455. The molecule has 0 saturated carbocycles. The molecular weight excluding hydrogens is 356 g/mol. The van der Waals surface area contributed by atoms with Crippen molar-refractivity contribution in [2.45, 2.75) is 51.5 Å². The lowest BCUT2D eigenvalue weighted by Crippen LogP contribution is -2.46. The van der Waals surface area contributed by atoms with Crippen LogP contribution >= 0.6 is 11.3 Å². The van der Waals surface area contributed by atoms with Gasteiger partial charge in [-0.1, -0.05) is 39.0 Å². The molecule has 1 fully saturated rings. The molecule has 1 aromatic carbocycles. The standard InChI is InChI=1S/C22H28N2O2S/c1-22(2,3)17-8-6-16(7-9-17)21(26)23-18-10-12-24(13-11-18)20(25)15-19-5-4-14-27-19/h4-9,14,18H,10-13,15H2,1-3H3,(H,23,26). The van der Waals surface area contributed by atoms with Gasteiger partial charge in [0.25, 0.3) is 5.91 Å². The van der Waals surface area contributed by atoms with Crippen LogP contribution in [0.2, 0.25) is 0 Å². The first-order chi connectivity index (χ1) is 12.8. The topological polar surface area (TPSA) is 49.4 Å². The number of nitrogens with zero attached hydrogens (tertiary/aromatic N) is 1. The van der Waals surface area contributed by atoms with E-state index in [2.05, 4.69) is 26.1 Å². The number of rotatable bonds is 4. The lowest BCUT2D eigenvalue weighted by molar-refractivity contribution is -0.131. The summed E-state index contributed by atoms with van der Waals surface area (Å²) in [5, 5.41) is 5.12. The van der Waals surface area contributed by atoms with Gasteiger partial charge in [-0.05, 0) is 47.4 Å². The van der Waals surface area contributed by atoms with Crippen molar-refractivity contribution < 1.29 is 9.59 Å². The van der Waals surface area contributed by atoms with Crippen LogP contribution in [0.4, 0.5) is 0 Å². The van der Waals surface area contributed by atoms with Gasteiger partial charge in [0, 0.05) is 29.6 Å². The summed E-state index contributed by atoms with van der Waals surface area (Å²) in [4.78, 5) is 27.9. The Bertz CT molecular complexity index is 768. The Hall–Kier alpha value is -2.14. The van der Waals surface area contributed by atoms with Crippen LogP contribution in [-0.2, 0) is 16.6 Å². The minimum Gasteiger partial charge on any atom is -0.349 e. The zero-order chi connectivity index (χ0) is 19.4. The van der Waals surface area contributed by atoms with E-state index in [4.69, 9.17) is 0 Å². The highest BCUT2D eigenvalue weighted by molar-refractivity contribution is 7.10. The Labute approximate surface area is 165 Å². The van der Waals surface area contributed by atoms with E-state index < -0.39 is 0 Å². The van der Waals surface area contributed by atoms with Gasteiger partial charge in [0.05, 0.1) is 6.42 Å². The van der Waals surface area contributed by atoms with Gasteiger partial charge in [-0.2, -0.15) is 0 Å². The van der Waals surface area contributed by atoms with Crippen molar-refractivity contribution in [3.63, 3.8) is 0 Å². The monoisotopic (exact) mass is 384 g/mol. The molecule has 3 rings (SSSR count). The van der Waals surface area contributed by atoms with Crippen LogP contribution < -0.4 is 5.32 Å². The third kappa shape index (κ3) is 5.19. The Balaban J connectivity index is 1.48. The number of carbonyl (C=O) groups is 2. The van der Waals surface area contributed by atoms with Crippen LogP contribution in [0.3, 0.4) is 0 Å². The van der Waals surface area contributed by atoms with Gasteiger partial charge < -0.3 is 10.2 Å². The Morgan fingerprint density at radius 3 is 2.33 bits per heavy atom. The quantitative estimate of drug-likeness (QED) is 0.866. The van der Waals surface area contributed by atoms with Crippen molar-refractivity contribution in [3.8, 4) is 0 Å². The summed E-state index contributed by atoms with van der Waals surface area (Å²) in [6.07, 6.45) is 2.10.